The number of nitrogens with two attached hydrogens (primary N) is 1. The number of halogens is 1. The van der Waals surface area contributed by atoms with E-state index in [9.17, 15) is 5.11 Å². The lowest BCUT2D eigenvalue weighted by atomic mass is 9.82. The van der Waals surface area contributed by atoms with Crippen LogP contribution < -0.4 is 15.8 Å². The van der Waals surface area contributed by atoms with Gasteiger partial charge in [-0.1, -0.05) is 11.6 Å². The average molecular weight is 321 g/mol. The van der Waals surface area contributed by atoms with E-state index in [4.69, 9.17) is 22.1 Å². The molecule has 0 spiro atoms. The normalized spacial score (nSPS) is 20.3. The summed E-state index contributed by atoms with van der Waals surface area (Å²) in [5.74, 6) is 2.02. The van der Waals surface area contributed by atoms with Crippen LogP contribution in [0.4, 0.5) is 11.8 Å². The summed E-state index contributed by atoms with van der Waals surface area (Å²) in [6.07, 6.45) is 3.14. The number of nitrogens with zero attached hydrogens (tertiary/aromatic N) is 2. The summed E-state index contributed by atoms with van der Waals surface area (Å²) >= 11 is 5.85. The van der Waals surface area contributed by atoms with E-state index in [1.807, 2.05) is 0 Å². The van der Waals surface area contributed by atoms with Crippen LogP contribution in [0.1, 0.15) is 12.8 Å². The molecule has 0 aliphatic heterocycles. The summed E-state index contributed by atoms with van der Waals surface area (Å²) in [6, 6.07) is 7.01. The van der Waals surface area contributed by atoms with Gasteiger partial charge in [-0.25, -0.2) is 4.98 Å². The van der Waals surface area contributed by atoms with Crippen molar-refractivity contribution in [2.24, 2.45) is 5.92 Å². The Morgan fingerprint density at radius 1 is 1.32 bits per heavy atom. The van der Waals surface area contributed by atoms with Gasteiger partial charge in [-0.15, -0.1) is 0 Å². The van der Waals surface area contributed by atoms with Crippen LogP contribution in [0.2, 0.25) is 5.02 Å². The topological polar surface area (TPSA) is 93.3 Å². The highest BCUT2D eigenvalue weighted by molar-refractivity contribution is 6.30. The first kappa shape index (κ1) is 14.9. The third-order valence-electron chi connectivity index (χ3n) is 3.72. The van der Waals surface area contributed by atoms with Crippen molar-refractivity contribution >= 4 is 23.4 Å². The lowest BCUT2D eigenvalue weighted by Gasteiger charge is -2.32. The molecule has 7 heteroatoms. The van der Waals surface area contributed by atoms with Crippen LogP contribution in [0, 0.1) is 5.92 Å². The number of ether oxygens (including phenoxy) is 1. The minimum Gasteiger partial charge on any atom is -0.452 e. The molecule has 6 nitrogen and oxygen atoms in total. The van der Waals surface area contributed by atoms with Gasteiger partial charge < -0.3 is 20.9 Å². The fourth-order valence-corrected chi connectivity index (χ4v) is 2.36. The van der Waals surface area contributed by atoms with Gasteiger partial charge in [0.1, 0.15) is 5.75 Å². The average Bonchev–Trinajstić information content (AvgIpc) is 2.50. The fraction of sp³-hybridized carbons (Fsp3) is 0.333. The molecule has 1 aliphatic carbocycles. The molecule has 0 saturated heterocycles. The second-order valence-corrected chi connectivity index (χ2v) is 5.72. The molecular weight excluding hydrogens is 304 g/mol. The van der Waals surface area contributed by atoms with Gasteiger partial charge in [-0.05, 0) is 37.1 Å². The fourth-order valence-electron chi connectivity index (χ4n) is 2.23. The molecule has 1 aromatic heterocycles. The van der Waals surface area contributed by atoms with Gasteiger partial charge in [0.05, 0.1) is 12.3 Å². The van der Waals surface area contributed by atoms with Crippen LogP contribution in [-0.4, -0.2) is 27.7 Å². The van der Waals surface area contributed by atoms with E-state index < -0.39 is 0 Å². The van der Waals surface area contributed by atoms with Gasteiger partial charge in [-0.3, -0.25) is 0 Å². The summed E-state index contributed by atoms with van der Waals surface area (Å²) in [7, 11) is 0. The maximum Gasteiger partial charge on any atom is 0.222 e. The highest BCUT2D eigenvalue weighted by Gasteiger charge is 2.28. The zero-order valence-electron chi connectivity index (χ0n) is 11.9. The lowest BCUT2D eigenvalue weighted by molar-refractivity contribution is 0.0314. The van der Waals surface area contributed by atoms with Crippen LogP contribution in [0.15, 0.2) is 30.5 Å². The van der Waals surface area contributed by atoms with Crippen molar-refractivity contribution < 1.29 is 9.84 Å². The van der Waals surface area contributed by atoms with E-state index in [1.165, 1.54) is 6.20 Å². The molecule has 3 rings (SSSR count). The lowest BCUT2D eigenvalue weighted by Crippen LogP contribution is -2.36. The predicted molar refractivity (Wildman–Crippen MR) is 85.2 cm³/mol. The second kappa shape index (κ2) is 6.37. The molecule has 1 aromatic carbocycles. The van der Waals surface area contributed by atoms with Crippen LogP contribution in [0.3, 0.4) is 0 Å². The SMILES string of the molecule is Nc1ncc(Oc2ccc(Cl)cc2)c(NC[C@@H]2CC[C@@H]2O)n1. The number of aromatic nitrogens is 2. The molecule has 1 aliphatic rings. The molecule has 22 heavy (non-hydrogen) atoms. The molecule has 0 unspecified atom stereocenters. The van der Waals surface area contributed by atoms with Gasteiger partial charge in [0.2, 0.25) is 5.95 Å². The van der Waals surface area contributed by atoms with Crippen LogP contribution in [-0.2, 0) is 0 Å². The molecular formula is C15H17ClN4O2. The number of hydrogen-bond donors (Lipinski definition) is 3. The number of aliphatic hydroxyl groups is 1. The van der Waals surface area contributed by atoms with E-state index >= 15 is 0 Å². The molecule has 2 aromatic rings. The number of anilines is 2. The Morgan fingerprint density at radius 3 is 2.73 bits per heavy atom. The standard InChI is InChI=1S/C15H17ClN4O2/c16-10-2-4-11(5-3-10)22-13-8-19-15(17)20-14(13)18-7-9-1-6-12(9)21/h2-5,8-9,12,21H,1,6-7H2,(H3,17,18,19,20)/t9-,12-/m0/s1. The predicted octanol–water partition coefficient (Wildman–Crippen LogP) is 2.69. The number of rotatable bonds is 5. The smallest absolute Gasteiger partial charge is 0.222 e. The number of benzene rings is 1. The van der Waals surface area contributed by atoms with Gasteiger partial charge in [0, 0.05) is 17.5 Å². The number of hydrogen-bond acceptors (Lipinski definition) is 6. The molecule has 2 atom stereocenters. The Bertz CT molecular complexity index is 650. The highest BCUT2D eigenvalue weighted by atomic mass is 35.5. The summed E-state index contributed by atoms with van der Waals surface area (Å²) < 4.78 is 5.77. The molecule has 0 bridgehead atoms. The maximum absolute atomic E-state index is 9.63. The molecule has 1 fully saturated rings. The van der Waals surface area contributed by atoms with E-state index in [-0.39, 0.29) is 18.0 Å². The molecule has 116 valence electrons. The summed E-state index contributed by atoms with van der Waals surface area (Å²) in [6.45, 7) is 0.620. The Kier molecular flexibility index (Phi) is 4.31. The highest BCUT2D eigenvalue weighted by Crippen LogP contribution is 2.31. The number of aliphatic hydroxyl groups excluding tert-OH is 1. The first-order chi connectivity index (χ1) is 10.6. The Balaban J connectivity index is 1.73. The Morgan fingerprint density at radius 2 is 2.09 bits per heavy atom. The Labute approximate surface area is 133 Å². The van der Waals surface area contributed by atoms with Crippen LogP contribution in [0.5, 0.6) is 11.5 Å². The molecule has 1 saturated carbocycles. The number of nitrogens with one attached hydrogen (secondary N) is 1. The minimum absolute atomic E-state index is 0.167. The van der Waals surface area contributed by atoms with Crippen molar-refractivity contribution in [3.63, 3.8) is 0 Å². The van der Waals surface area contributed by atoms with Crippen molar-refractivity contribution in [2.45, 2.75) is 18.9 Å². The summed E-state index contributed by atoms with van der Waals surface area (Å²) in [4.78, 5) is 8.12. The van der Waals surface area contributed by atoms with Gasteiger partial charge >= 0.3 is 0 Å². The van der Waals surface area contributed by atoms with Crippen molar-refractivity contribution in [3.05, 3.63) is 35.5 Å². The summed E-state index contributed by atoms with van der Waals surface area (Å²) in [5, 5.41) is 13.4. The van der Waals surface area contributed by atoms with Gasteiger partial charge in [0.15, 0.2) is 11.6 Å². The van der Waals surface area contributed by atoms with Gasteiger partial charge in [0.25, 0.3) is 0 Å². The largest absolute Gasteiger partial charge is 0.452 e. The van der Waals surface area contributed by atoms with E-state index in [0.29, 0.717) is 28.9 Å². The van der Waals surface area contributed by atoms with Crippen LogP contribution >= 0.6 is 11.6 Å². The minimum atomic E-state index is -0.243. The monoisotopic (exact) mass is 320 g/mol. The summed E-state index contributed by atoms with van der Waals surface area (Å²) in [5.41, 5.74) is 5.64. The van der Waals surface area contributed by atoms with Crippen LogP contribution in [0.25, 0.3) is 0 Å². The molecule has 0 amide bonds. The second-order valence-electron chi connectivity index (χ2n) is 5.28. The van der Waals surface area contributed by atoms with E-state index in [2.05, 4.69) is 15.3 Å². The van der Waals surface area contributed by atoms with E-state index in [1.54, 1.807) is 24.3 Å². The van der Waals surface area contributed by atoms with Gasteiger partial charge in [-0.2, -0.15) is 4.98 Å². The van der Waals surface area contributed by atoms with E-state index in [0.717, 1.165) is 12.8 Å². The maximum atomic E-state index is 9.63. The zero-order chi connectivity index (χ0) is 15.5. The van der Waals surface area contributed by atoms with Crippen molar-refractivity contribution in [2.75, 3.05) is 17.6 Å². The number of nitrogen functional groups attached to an aromatic ring is 1. The van der Waals surface area contributed by atoms with Crippen molar-refractivity contribution in [1.82, 2.24) is 9.97 Å². The molecule has 4 N–H and O–H groups in total. The third kappa shape index (κ3) is 3.40. The third-order valence-corrected chi connectivity index (χ3v) is 3.98. The zero-order valence-corrected chi connectivity index (χ0v) is 12.6. The Hall–Kier alpha value is -2.05. The first-order valence-corrected chi connectivity index (χ1v) is 7.47. The quantitative estimate of drug-likeness (QED) is 0.784. The molecule has 1 heterocycles. The molecule has 0 radical (unpaired) electrons. The van der Waals surface area contributed by atoms with Crippen molar-refractivity contribution in [3.8, 4) is 11.5 Å². The van der Waals surface area contributed by atoms with Crippen molar-refractivity contribution in [1.29, 1.82) is 0 Å². The first-order valence-electron chi connectivity index (χ1n) is 7.09.